The quantitative estimate of drug-likeness (QED) is 0.871. The standard InChI is InChI=1S/C15H18FN3O.C2H6/c1-9-7-19(8-9)15(20)17-6-12-4-11-5-13(16)10(2)3-14(11)18-12;1-2/h3-5,9,18H,6-8H2,1-2H3,(H,17,20);1-2H3. The van der Waals surface area contributed by atoms with Gasteiger partial charge in [-0.25, -0.2) is 9.18 Å². The second-order valence-electron chi connectivity index (χ2n) is 5.65. The summed E-state index contributed by atoms with van der Waals surface area (Å²) in [4.78, 5) is 16.8. The summed E-state index contributed by atoms with van der Waals surface area (Å²) in [6.45, 7) is 9.94. The number of halogens is 1. The van der Waals surface area contributed by atoms with Gasteiger partial charge in [-0.2, -0.15) is 0 Å². The van der Waals surface area contributed by atoms with E-state index in [0.717, 1.165) is 29.7 Å². The minimum absolute atomic E-state index is 0.0379. The van der Waals surface area contributed by atoms with Gasteiger partial charge in [-0.15, -0.1) is 0 Å². The lowest BCUT2D eigenvalue weighted by Gasteiger charge is -2.36. The van der Waals surface area contributed by atoms with Crippen LogP contribution < -0.4 is 5.32 Å². The number of carbonyl (C=O) groups excluding carboxylic acids is 1. The highest BCUT2D eigenvalue weighted by Crippen LogP contribution is 2.20. The molecule has 0 unspecified atom stereocenters. The summed E-state index contributed by atoms with van der Waals surface area (Å²) in [7, 11) is 0. The van der Waals surface area contributed by atoms with Crippen molar-refractivity contribution in [3.8, 4) is 0 Å². The molecular formula is C17H24FN3O. The van der Waals surface area contributed by atoms with Gasteiger partial charge in [0.2, 0.25) is 0 Å². The van der Waals surface area contributed by atoms with Gasteiger partial charge < -0.3 is 15.2 Å². The molecular weight excluding hydrogens is 281 g/mol. The minimum Gasteiger partial charge on any atom is -0.357 e. The van der Waals surface area contributed by atoms with Crippen LogP contribution in [-0.4, -0.2) is 29.0 Å². The summed E-state index contributed by atoms with van der Waals surface area (Å²) in [5, 5.41) is 3.70. The molecule has 0 aliphatic carbocycles. The number of nitrogens with zero attached hydrogens (tertiary/aromatic N) is 1. The number of hydrogen-bond acceptors (Lipinski definition) is 1. The van der Waals surface area contributed by atoms with Gasteiger partial charge in [-0.1, -0.05) is 20.8 Å². The van der Waals surface area contributed by atoms with Gasteiger partial charge in [-0.3, -0.25) is 0 Å². The van der Waals surface area contributed by atoms with Crippen molar-refractivity contribution in [2.75, 3.05) is 13.1 Å². The zero-order valence-corrected chi connectivity index (χ0v) is 13.7. The summed E-state index contributed by atoms with van der Waals surface area (Å²) in [6, 6.07) is 5.14. The van der Waals surface area contributed by atoms with Crippen LogP contribution in [0.5, 0.6) is 0 Å². The van der Waals surface area contributed by atoms with Crippen LogP contribution in [0.3, 0.4) is 0 Å². The van der Waals surface area contributed by atoms with Crippen LogP contribution in [0.15, 0.2) is 18.2 Å². The predicted octanol–water partition coefficient (Wildman–Crippen LogP) is 3.80. The topological polar surface area (TPSA) is 48.1 Å². The molecule has 5 heteroatoms. The van der Waals surface area contributed by atoms with Gasteiger partial charge in [0.25, 0.3) is 0 Å². The van der Waals surface area contributed by atoms with E-state index in [4.69, 9.17) is 0 Å². The van der Waals surface area contributed by atoms with Crippen molar-refractivity contribution in [1.82, 2.24) is 15.2 Å². The minimum atomic E-state index is -0.207. The molecule has 2 aromatic rings. The zero-order chi connectivity index (χ0) is 16.3. The Morgan fingerprint density at radius 2 is 2.05 bits per heavy atom. The molecule has 2 heterocycles. The zero-order valence-electron chi connectivity index (χ0n) is 13.7. The number of nitrogens with one attached hydrogen (secondary N) is 2. The second kappa shape index (κ2) is 6.81. The van der Waals surface area contributed by atoms with Crippen LogP contribution in [0.1, 0.15) is 32.0 Å². The molecule has 1 aliphatic rings. The van der Waals surface area contributed by atoms with Crippen LogP contribution in [-0.2, 0) is 6.54 Å². The Hall–Kier alpha value is -2.04. The maximum atomic E-state index is 13.5. The lowest BCUT2D eigenvalue weighted by Crippen LogP contribution is -2.52. The number of H-pyrrole nitrogens is 1. The maximum Gasteiger partial charge on any atom is 0.317 e. The molecule has 1 aliphatic heterocycles. The van der Waals surface area contributed by atoms with Gasteiger partial charge in [0.15, 0.2) is 0 Å². The highest BCUT2D eigenvalue weighted by atomic mass is 19.1. The molecule has 0 bridgehead atoms. The van der Waals surface area contributed by atoms with Crippen LogP contribution in [0.25, 0.3) is 10.9 Å². The molecule has 22 heavy (non-hydrogen) atoms. The Labute approximate surface area is 130 Å². The third kappa shape index (κ3) is 3.40. The van der Waals surface area contributed by atoms with Crippen molar-refractivity contribution >= 4 is 16.9 Å². The number of likely N-dealkylation sites (tertiary alicyclic amines) is 1. The van der Waals surface area contributed by atoms with E-state index in [1.165, 1.54) is 6.07 Å². The number of aromatic amines is 1. The van der Waals surface area contributed by atoms with Gasteiger partial charge >= 0.3 is 6.03 Å². The predicted molar refractivity (Wildman–Crippen MR) is 87.3 cm³/mol. The molecule has 4 nitrogen and oxygen atoms in total. The number of carbonyl (C=O) groups is 1. The van der Waals surface area contributed by atoms with Crippen LogP contribution in [0, 0.1) is 18.7 Å². The summed E-state index contributed by atoms with van der Waals surface area (Å²) < 4.78 is 13.5. The molecule has 120 valence electrons. The lowest BCUT2D eigenvalue weighted by atomic mass is 10.0. The first-order chi connectivity index (χ1) is 10.5. The average Bonchev–Trinajstić information content (AvgIpc) is 2.86. The fraction of sp³-hybridized carbons (Fsp3) is 0.471. The number of aryl methyl sites for hydroxylation is 1. The number of hydrogen-bond donors (Lipinski definition) is 2. The summed E-state index contributed by atoms with van der Waals surface area (Å²) >= 11 is 0. The van der Waals surface area contributed by atoms with Crippen molar-refractivity contribution in [2.45, 2.75) is 34.2 Å². The summed E-state index contributed by atoms with van der Waals surface area (Å²) in [5.74, 6) is 0.390. The Bertz CT molecular complexity index is 620. The number of fused-ring (bicyclic) bond motifs is 1. The number of urea groups is 1. The van der Waals surface area contributed by atoms with Crippen molar-refractivity contribution in [3.63, 3.8) is 0 Å². The van der Waals surface area contributed by atoms with E-state index >= 15 is 0 Å². The lowest BCUT2D eigenvalue weighted by molar-refractivity contribution is 0.129. The number of amides is 2. The molecule has 3 rings (SSSR count). The molecule has 1 saturated heterocycles. The SMILES string of the molecule is CC.Cc1cc2[nH]c(CNC(=O)N3CC(C)C3)cc2cc1F. The normalized spacial score (nSPS) is 14.3. The summed E-state index contributed by atoms with van der Waals surface area (Å²) in [6.07, 6.45) is 0. The van der Waals surface area contributed by atoms with Gasteiger partial charge in [0.1, 0.15) is 5.82 Å². The van der Waals surface area contributed by atoms with Gasteiger partial charge in [0, 0.05) is 29.7 Å². The maximum absolute atomic E-state index is 13.5. The monoisotopic (exact) mass is 305 g/mol. The molecule has 2 N–H and O–H groups in total. The molecule has 0 saturated carbocycles. The highest BCUT2D eigenvalue weighted by molar-refractivity contribution is 5.81. The first-order valence-electron chi connectivity index (χ1n) is 7.83. The first kappa shape index (κ1) is 16.3. The van der Waals surface area contributed by atoms with E-state index in [0.29, 0.717) is 18.0 Å². The number of rotatable bonds is 2. The summed E-state index contributed by atoms with van der Waals surface area (Å²) in [5.41, 5.74) is 2.39. The van der Waals surface area contributed by atoms with Crippen LogP contribution >= 0.6 is 0 Å². The molecule has 1 aromatic carbocycles. The van der Waals surface area contributed by atoms with E-state index in [-0.39, 0.29) is 11.8 Å². The van der Waals surface area contributed by atoms with Crippen LogP contribution in [0.4, 0.5) is 9.18 Å². The van der Waals surface area contributed by atoms with Crippen molar-refractivity contribution in [1.29, 1.82) is 0 Å². The molecule has 2 amide bonds. The molecule has 1 fully saturated rings. The van der Waals surface area contributed by atoms with E-state index in [1.807, 2.05) is 19.9 Å². The van der Waals surface area contributed by atoms with Gasteiger partial charge in [-0.05, 0) is 36.6 Å². The molecule has 1 aromatic heterocycles. The Morgan fingerprint density at radius 3 is 2.68 bits per heavy atom. The van der Waals surface area contributed by atoms with Crippen molar-refractivity contribution in [2.24, 2.45) is 5.92 Å². The number of benzene rings is 1. The Balaban J connectivity index is 0.000000847. The number of aromatic nitrogens is 1. The van der Waals surface area contributed by atoms with Crippen LogP contribution in [0.2, 0.25) is 0 Å². The molecule has 0 atom stereocenters. The third-order valence-electron chi connectivity index (χ3n) is 3.74. The van der Waals surface area contributed by atoms with Gasteiger partial charge in [0.05, 0.1) is 6.54 Å². The highest BCUT2D eigenvalue weighted by Gasteiger charge is 2.26. The van der Waals surface area contributed by atoms with E-state index in [9.17, 15) is 9.18 Å². The van der Waals surface area contributed by atoms with Crippen molar-refractivity contribution in [3.05, 3.63) is 35.3 Å². The molecule has 0 radical (unpaired) electrons. The smallest absolute Gasteiger partial charge is 0.317 e. The second-order valence-corrected chi connectivity index (χ2v) is 5.65. The Morgan fingerprint density at radius 1 is 1.36 bits per heavy atom. The van der Waals surface area contributed by atoms with E-state index in [1.54, 1.807) is 17.9 Å². The fourth-order valence-corrected chi connectivity index (χ4v) is 2.56. The first-order valence-corrected chi connectivity index (χ1v) is 7.83. The molecule has 0 spiro atoms. The largest absolute Gasteiger partial charge is 0.357 e. The van der Waals surface area contributed by atoms with E-state index < -0.39 is 0 Å². The Kier molecular flexibility index (Phi) is 5.06. The van der Waals surface area contributed by atoms with E-state index in [2.05, 4.69) is 17.2 Å². The fourth-order valence-electron chi connectivity index (χ4n) is 2.56. The third-order valence-corrected chi connectivity index (χ3v) is 3.74. The van der Waals surface area contributed by atoms with Crippen molar-refractivity contribution < 1.29 is 9.18 Å². The average molecular weight is 305 g/mol.